The van der Waals surface area contributed by atoms with Crippen molar-refractivity contribution in [1.82, 2.24) is 15.0 Å². The number of aromatic amines is 1. The zero-order valence-electron chi connectivity index (χ0n) is 9.73. The van der Waals surface area contributed by atoms with Crippen LogP contribution in [0, 0.1) is 0 Å². The second-order valence-electron chi connectivity index (χ2n) is 3.47. The maximum atomic E-state index is 11.4. The molecule has 18 heavy (non-hydrogen) atoms. The number of nitrogens with one attached hydrogen (secondary N) is 2. The highest BCUT2D eigenvalue weighted by Crippen LogP contribution is 2.29. The highest BCUT2D eigenvalue weighted by Gasteiger charge is 2.18. The summed E-state index contributed by atoms with van der Waals surface area (Å²) in [5.74, 6) is 0.289. The lowest BCUT2D eigenvalue weighted by atomic mass is 10.3. The standard InChI is InChI=1S/C10H11ClN4O2S/c1-5(8-12-3-4-13-8)14-10-15-7(11)6(18-10)9(16)17-2/h3-5H,1-2H3,(H,12,13)(H,14,15). The quantitative estimate of drug-likeness (QED) is 0.844. The number of nitrogens with zero attached hydrogens (tertiary/aromatic N) is 2. The third-order valence-electron chi connectivity index (χ3n) is 2.23. The number of hydrogen-bond donors (Lipinski definition) is 2. The van der Waals surface area contributed by atoms with E-state index < -0.39 is 5.97 Å². The van der Waals surface area contributed by atoms with Crippen LogP contribution in [0.1, 0.15) is 28.5 Å². The molecule has 2 aromatic heterocycles. The van der Waals surface area contributed by atoms with E-state index in [1.165, 1.54) is 7.11 Å². The molecule has 0 aliphatic carbocycles. The number of rotatable bonds is 4. The molecule has 96 valence electrons. The van der Waals surface area contributed by atoms with Gasteiger partial charge in [0.15, 0.2) is 15.2 Å². The maximum absolute atomic E-state index is 11.4. The topological polar surface area (TPSA) is 79.9 Å². The number of thiazole rings is 1. The molecule has 2 N–H and O–H groups in total. The van der Waals surface area contributed by atoms with Gasteiger partial charge in [0, 0.05) is 12.4 Å². The fourth-order valence-corrected chi connectivity index (χ4v) is 2.54. The van der Waals surface area contributed by atoms with Crippen molar-refractivity contribution in [2.24, 2.45) is 0 Å². The summed E-state index contributed by atoms with van der Waals surface area (Å²) in [6.45, 7) is 1.92. The predicted molar refractivity (Wildman–Crippen MR) is 69.1 cm³/mol. The van der Waals surface area contributed by atoms with E-state index in [4.69, 9.17) is 11.6 Å². The van der Waals surface area contributed by atoms with Crippen LogP contribution in [0.5, 0.6) is 0 Å². The van der Waals surface area contributed by atoms with Crippen LogP contribution in [0.25, 0.3) is 0 Å². The van der Waals surface area contributed by atoms with Crippen molar-refractivity contribution in [3.63, 3.8) is 0 Å². The van der Waals surface area contributed by atoms with Crippen LogP contribution >= 0.6 is 22.9 Å². The number of methoxy groups -OCH3 is 1. The van der Waals surface area contributed by atoms with E-state index >= 15 is 0 Å². The van der Waals surface area contributed by atoms with E-state index in [-0.39, 0.29) is 16.1 Å². The van der Waals surface area contributed by atoms with Crippen molar-refractivity contribution in [2.75, 3.05) is 12.4 Å². The summed E-state index contributed by atoms with van der Waals surface area (Å²) < 4.78 is 4.61. The van der Waals surface area contributed by atoms with E-state index in [0.717, 1.165) is 17.2 Å². The minimum absolute atomic E-state index is 0.0623. The Hall–Kier alpha value is -1.60. The molecule has 0 aliphatic rings. The minimum Gasteiger partial charge on any atom is -0.465 e. The van der Waals surface area contributed by atoms with Gasteiger partial charge in [0.25, 0.3) is 0 Å². The molecule has 0 fully saturated rings. The Morgan fingerprint density at radius 2 is 2.44 bits per heavy atom. The predicted octanol–water partition coefficient (Wildman–Crippen LogP) is 2.48. The van der Waals surface area contributed by atoms with Crippen LogP contribution in [-0.4, -0.2) is 28.0 Å². The van der Waals surface area contributed by atoms with Gasteiger partial charge >= 0.3 is 5.97 Å². The Balaban J connectivity index is 2.13. The van der Waals surface area contributed by atoms with Gasteiger partial charge in [0.2, 0.25) is 0 Å². The normalized spacial score (nSPS) is 12.2. The van der Waals surface area contributed by atoms with Crippen molar-refractivity contribution in [2.45, 2.75) is 13.0 Å². The van der Waals surface area contributed by atoms with Crippen molar-refractivity contribution in [3.8, 4) is 0 Å². The van der Waals surface area contributed by atoms with Crippen molar-refractivity contribution < 1.29 is 9.53 Å². The SMILES string of the molecule is COC(=O)c1sc(NC(C)c2ncc[nH]2)nc1Cl. The van der Waals surface area contributed by atoms with Gasteiger partial charge in [-0.05, 0) is 6.92 Å². The summed E-state index contributed by atoms with van der Waals surface area (Å²) in [6.07, 6.45) is 3.41. The number of carbonyl (C=O) groups is 1. The third kappa shape index (κ3) is 2.62. The first-order valence-electron chi connectivity index (χ1n) is 5.12. The molecule has 8 heteroatoms. The van der Waals surface area contributed by atoms with Crippen LogP contribution in [-0.2, 0) is 4.74 Å². The molecule has 0 aromatic carbocycles. The van der Waals surface area contributed by atoms with Gasteiger partial charge in [0.05, 0.1) is 13.2 Å². The summed E-state index contributed by atoms with van der Waals surface area (Å²) in [6, 6.07) is -0.0623. The molecule has 2 rings (SSSR count). The summed E-state index contributed by atoms with van der Waals surface area (Å²) >= 11 is 7.01. The van der Waals surface area contributed by atoms with Crippen molar-refractivity contribution in [1.29, 1.82) is 0 Å². The number of esters is 1. The van der Waals surface area contributed by atoms with E-state index in [9.17, 15) is 4.79 Å². The second kappa shape index (κ2) is 5.36. The number of aromatic nitrogens is 3. The molecular weight excluding hydrogens is 276 g/mol. The summed E-state index contributed by atoms with van der Waals surface area (Å²) in [7, 11) is 1.30. The summed E-state index contributed by atoms with van der Waals surface area (Å²) in [5.41, 5.74) is 0. The Bertz CT molecular complexity index is 540. The Morgan fingerprint density at radius 1 is 1.67 bits per heavy atom. The number of imidazole rings is 1. The lowest BCUT2D eigenvalue weighted by molar-refractivity contribution is 0.0606. The summed E-state index contributed by atoms with van der Waals surface area (Å²) in [5, 5.41) is 3.79. The van der Waals surface area contributed by atoms with Gasteiger partial charge in [-0.25, -0.2) is 14.8 Å². The van der Waals surface area contributed by atoms with E-state index in [1.54, 1.807) is 12.4 Å². The molecule has 2 heterocycles. The fourth-order valence-electron chi connectivity index (χ4n) is 1.35. The van der Waals surface area contributed by atoms with Crippen LogP contribution in [0.3, 0.4) is 0 Å². The smallest absolute Gasteiger partial charge is 0.351 e. The number of carbonyl (C=O) groups excluding carboxylic acids is 1. The van der Waals surface area contributed by atoms with Crippen molar-refractivity contribution in [3.05, 3.63) is 28.2 Å². The number of hydrogen-bond acceptors (Lipinski definition) is 6. The zero-order valence-corrected chi connectivity index (χ0v) is 11.3. The van der Waals surface area contributed by atoms with Gasteiger partial charge in [-0.1, -0.05) is 22.9 Å². The van der Waals surface area contributed by atoms with Crippen molar-refractivity contribution >= 4 is 34.0 Å². The molecule has 0 aliphatic heterocycles. The molecule has 0 saturated heterocycles. The van der Waals surface area contributed by atoms with Crippen LogP contribution in [0.4, 0.5) is 5.13 Å². The van der Waals surface area contributed by atoms with Crippen LogP contribution in [0.2, 0.25) is 5.15 Å². The maximum Gasteiger partial charge on any atom is 0.351 e. The average molecular weight is 287 g/mol. The average Bonchev–Trinajstić information content (AvgIpc) is 2.97. The first kappa shape index (κ1) is 12.8. The Morgan fingerprint density at radius 3 is 3.06 bits per heavy atom. The van der Waals surface area contributed by atoms with Gasteiger partial charge in [-0.3, -0.25) is 0 Å². The van der Waals surface area contributed by atoms with Gasteiger partial charge in [0.1, 0.15) is 5.82 Å². The molecule has 2 aromatic rings. The molecule has 6 nitrogen and oxygen atoms in total. The number of halogens is 1. The third-order valence-corrected chi connectivity index (χ3v) is 3.58. The van der Waals surface area contributed by atoms with E-state index in [2.05, 4.69) is 25.0 Å². The lowest BCUT2D eigenvalue weighted by Gasteiger charge is -2.09. The lowest BCUT2D eigenvalue weighted by Crippen LogP contribution is -2.07. The Labute approximate surface area is 112 Å². The van der Waals surface area contributed by atoms with Gasteiger partial charge < -0.3 is 15.0 Å². The molecule has 0 saturated carbocycles. The second-order valence-corrected chi connectivity index (χ2v) is 4.83. The highest BCUT2D eigenvalue weighted by molar-refractivity contribution is 7.18. The van der Waals surface area contributed by atoms with E-state index in [1.807, 2.05) is 6.92 Å². The molecule has 1 unspecified atom stereocenters. The monoisotopic (exact) mass is 286 g/mol. The molecule has 0 bridgehead atoms. The highest BCUT2D eigenvalue weighted by atomic mass is 35.5. The summed E-state index contributed by atoms with van der Waals surface area (Å²) in [4.78, 5) is 22.8. The van der Waals surface area contributed by atoms with Crippen LogP contribution < -0.4 is 5.32 Å². The molecule has 0 amide bonds. The largest absolute Gasteiger partial charge is 0.465 e. The Kier molecular flexibility index (Phi) is 3.83. The van der Waals surface area contributed by atoms with E-state index in [0.29, 0.717) is 5.13 Å². The zero-order chi connectivity index (χ0) is 13.1. The number of H-pyrrole nitrogens is 1. The van der Waals surface area contributed by atoms with Gasteiger partial charge in [-0.15, -0.1) is 0 Å². The number of anilines is 1. The molecule has 0 radical (unpaired) electrons. The van der Waals surface area contributed by atoms with Gasteiger partial charge in [-0.2, -0.15) is 0 Å². The first-order chi connectivity index (χ1) is 8.61. The molecule has 0 spiro atoms. The fraction of sp³-hybridized carbons (Fsp3) is 0.300. The van der Waals surface area contributed by atoms with Crippen LogP contribution in [0.15, 0.2) is 12.4 Å². The molecular formula is C10H11ClN4O2S. The number of ether oxygens (including phenoxy) is 1. The minimum atomic E-state index is -0.490. The molecule has 1 atom stereocenters. The first-order valence-corrected chi connectivity index (χ1v) is 6.31.